The lowest BCUT2D eigenvalue weighted by atomic mass is 10.1. The molecule has 0 saturated heterocycles. The van der Waals surface area contributed by atoms with Crippen molar-refractivity contribution in [2.75, 3.05) is 31.4 Å². The van der Waals surface area contributed by atoms with E-state index < -0.39 is 9.84 Å². The normalized spacial score (nSPS) is 14.8. The Morgan fingerprint density at radius 3 is 2.68 bits per heavy atom. The first-order valence-electron chi connectivity index (χ1n) is 8.26. The van der Waals surface area contributed by atoms with Gasteiger partial charge < -0.3 is 10.6 Å². The average Bonchev–Trinajstić information content (AvgIpc) is 2.53. The zero-order valence-corrected chi connectivity index (χ0v) is 17.6. The fraction of sp³-hybridized carbons (Fsp3) is 0.588. The Kier molecular flexibility index (Phi) is 9.67. The second-order valence-electron chi connectivity index (χ2n) is 5.96. The minimum Gasteiger partial charge on any atom is -0.357 e. The van der Waals surface area contributed by atoms with Gasteiger partial charge in [-0.15, -0.1) is 0 Å². The molecule has 25 heavy (non-hydrogen) atoms. The van der Waals surface area contributed by atoms with Gasteiger partial charge in [-0.2, -0.15) is 11.8 Å². The van der Waals surface area contributed by atoms with Crippen LogP contribution < -0.4 is 10.6 Å². The Labute approximate surface area is 160 Å². The number of sulfone groups is 1. The highest BCUT2D eigenvalue weighted by molar-refractivity contribution is 7.98. The van der Waals surface area contributed by atoms with E-state index in [0.717, 1.165) is 17.1 Å². The molecule has 0 saturated carbocycles. The Hall–Kier alpha value is -0.920. The SMILES string of the molecule is CCNC(=NCC(SC)c1cccc(Cl)c1)NC(C)CCS(C)(=O)=O. The quantitative estimate of drug-likeness (QED) is 0.488. The lowest BCUT2D eigenvalue weighted by molar-refractivity contribution is 0.581. The number of rotatable bonds is 9. The number of hydrogen-bond acceptors (Lipinski definition) is 4. The molecule has 0 aromatic heterocycles. The molecule has 0 bridgehead atoms. The molecule has 2 unspecified atom stereocenters. The monoisotopic (exact) mass is 405 g/mol. The van der Waals surface area contributed by atoms with Crippen molar-refractivity contribution >= 4 is 39.2 Å². The van der Waals surface area contributed by atoms with E-state index in [1.165, 1.54) is 6.26 Å². The highest BCUT2D eigenvalue weighted by Crippen LogP contribution is 2.28. The number of halogens is 1. The van der Waals surface area contributed by atoms with Crippen LogP contribution in [0.5, 0.6) is 0 Å². The second kappa shape index (κ2) is 10.9. The van der Waals surface area contributed by atoms with Gasteiger partial charge in [-0.25, -0.2) is 8.42 Å². The van der Waals surface area contributed by atoms with E-state index >= 15 is 0 Å². The van der Waals surface area contributed by atoms with Crippen LogP contribution in [0.25, 0.3) is 0 Å². The van der Waals surface area contributed by atoms with Gasteiger partial charge in [-0.05, 0) is 44.2 Å². The predicted octanol–water partition coefficient (Wildman–Crippen LogP) is 3.12. The van der Waals surface area contributed by atoms with Gasteiger partial charge in [-0.3, -0.25) is 4.99 Å². The minimum absolute atomic E-state index is 0.0198. The Bertz CT molecular complexity index is 666. The standard InChI is InChI=1S/C17H28ClN3O2S2/c1-5-19-17(21-13(2)9-10-25(4,22)23)20-12-16(24-3)14-7-6-8-15(18)11-14/h6-8,11,13,16H,5,9-10,12H2,1-4H3,(H2,19,20,21). The Balaban J connectivity index is 2.72. The number of thioether (sulfide) groups is 1. The maximum Gasteiger partial charge on any atom is 0.191 e. The molecule has 0 heterocycles. The van der Waals surface area contributed by atoms with Gasteiger partial charge in [0, 0.05) is 29.1 Å². The first-order valence-corrected chi connectivity index (χ1v) is 12.0. The number of guanidine groups is 1. The molecule has 1 rings (SSSR count). The lowest BCUT2D eigenvalue weighted by Gasteiger charge is -2.19. The first-order chi connectivity index (χ1) is 11.7. The molecule has 0 aliphatic rings. The summed E-state index contributed by atoms with van der Waals surface area (Å²) in [6, 6.07) is 7.85. The lowest BCUT2D eigenvalue weighted by Crippen LogP contribution is -2.43. The maximum absolute atomic E-state index is 11.3. The van der Waals surface area contributed by atoms with Crippen LogP contribution in [0.2, 0.25) is 5.02 Å². The Morgan fingerprint density at radius 2 is 2.12 bits per heavy atom. The van der Waals surface area contributed by atoms with Crippen molar-refractivity contribution in [2.24, 2.45) is 4.99 Å². The fourth-order valence-electron chi connectivity index (χ4n) is 2.21. The van der Waals surface area contributed by atoms with E-state index in [2.05, 4.69) is 27.9 Å². The zero-order valence-electron chi connectivity index (χ0n) is 15.3. The largest absolute Gasteiger partial charge is 0.357 e. The van der Waals surface area contributed by atoms with Gasteiger partial charge in [0.25, 0.3) is 0 Å². The number of nitrogens with one attached hydrogen (secondary N) is 2. The predicted molar refractivity (Wildman–Crippen MR) is 111 cm³/mol. The molecular formula is C17H28ClN3O2S2. The van der Waals surface area contributed by atoms with E-state index in [4.69, 9.17) is 11.6 Å². The molecule has 0 radical (unpaired) electrons. The number of hydrogen-bond donors (Lipinski definition) is 2. The van der Waals surface area contributed by atoms with Crippen molar-refractivity contribution in [3.63, 3.8) is 0 Å². The fourth-order valence-corrected chi connectivity index (χ4v) is 3.84. The summed E-state index contributed by atoms with van der Waals surface area (Å²) in [5.41, 5.74) is 1.14. The average molecular weight is 406 g/mol. The zero-order chi connectivity index (χ0) is 18.9. The first kappa shape index (κ1) is 22.1. The van der Waals surface area contributed by atoms with E-state index in [1.54, 1.807) is 11.8 Å². The number of nitrogens with zero attached hydrogens (tertiary/aromatic N) is 1. The van der Waals surface area contributed by atoms with E-state index in [-0.39, 0.29) is 17.0 Å². The molecule has 1 aromatic rings. The van der Waals surface area contributed by atoms with Crippen molar-refractivity contribution < 1.29 is 8.42 Å². The summed E-state index contributed by atoms with van der Waals surface area (Å²) in [5, 5.41) is 7.41. The summed E-state index contributed by atoms with van der Waals surface area (Å²) < 4.78 is 22.6. The van der Waals surface area contributed by atoms with Gasteiger partial charge >= 0.3 is 0 Å². The van der Waals surface area contributed by atoms with Gasteiger partial charge in [0.1, 0.15) is 9.84 Å². The summed E-state index contributed by atoms with van der Waals surface area (Å²) >= 11 is 7.80. The minimum atomic E-state index is -2.95. The summed E-state index contributed by atoms with van der Waals surface area (Å²) in [4.78, 5) is 4.66. The highest BCUT2D eigenvalue weighted by Gasteiger charge is 2.12. The van der Waals surface area contributed by atoms with Crippen LogP contribution in [0.1, 0.15) is 31.1 Å². The summed E-state index contributed by atoms with van der Waals surface area (Å²) in [6.45, 7) is 5.31. The molecule has 1 aromatic carbocycles. The smallest absolute Gasteiger partial charge is 0.191 e. The highest BCUT2D eigenvalue weighted by atomic mass is 35.5. The van der Waals surface area contributed by atoms with Crippen molar-refractivity contribution in [3.05, 3.63) is 34.9 Å². The van der Waals surface area contributed by atoms with E-state index in [9.17, 15) is 8.42 Å². The molecule has 0 fully saturated rings. The van der Waals surface area contributed by atoms with Crippen molar-refractivity contribution in [2.45, 2.75) is 31.6 Å². The van der Waals surface area contributed by atoms with Crippen LogP contribution >= 0.6 is 23.4 Å². The molecule has 0 aliphatic carbocycles. The summed E-state index contributed by atoms with van der Waals surface area (Å²) in [6.07, 6.45) is 3.85. The van der Waals surface area contributed by atoms with Crippen LogP contribution in [0, 0.1) is 0 Å². The molecule has 0 amide bonds. The van der Waals surface area contributed by atoms with Crippen LogP contribution in [-0.4, -0.2) is 51.8 Å². The van der Waals surface area contributed by atoms with Crippen LogP contribution in [0.15, 0.2) is 29.3 Å². The number of benzene rings is 1. The molecule has 0 aliphatic heterocycles. The van der Waals surface area contributed by atoms with Crippen LogP contribution in [0.4, 0.5) is 0 Å². The molecular weight excluding hydrogens is 378 g/mol. The molecule has 5 nitrogen and oxygen atoms in total. The van der Waals surface area contributed by atoms with Crippen molar-refractivity contribution in [1.82, 2.24) is 10.6 Å². The molecule has 142 valence electrons. The van der Waals surface area contributed by atoms with Gasteiger partial charge in [-0.1, -0.05) is 23.7 Å². The Morgan fingerprint density at radius 1 is 1.40 bits per heavy atom. The third-order valence-electron chi connectivity index (χ3n) is 3.57. The third-order valence-corrected chi connectivity index (χ3v) is 5.77. The molecule has 2 atom stereocenters. The van der Waals surface area contributed by atoms with Crippen LogP contribution in [0.3, 0.4) is 0 Å². The maximum atomic E-state index is 11.3. The van der Waals surface area contributed by atoms with E-state index in [1.807, 2.05) is 32.0 Å². The van der Waals surface area contributed by atoms with Crippen LogP contribution in [-0.2, 0) is 9.84 Å². The second-order valence-corrected chi connectivity index (χ2v) is 9.70. The van der Waals surface area contributed by atoms with Gasteiger partial charge in [0.05, 0.1) is 12.3 Å². The third kappa shape index (κ3) is 9.37. The summed E-state index contributed by atoms with van der Waals surface area (Å²) in [5.74, 6) is 0.862. The van der Waals surface area contributed by atoms with Gasteiger partial charge in [0.15, 0.2) is 5.96 Å². The molecule has 0 spiro atoms. The topological polar surface area (TPSA) is 70.6 Å². The molecule has 2 N–H and O–H groups in total. The molecule has 8 heteroatoms. The van der Waals surface area contributed by atoms with Gasteiger partial charge in [0.2, 0.25) is 0 Å². The van der Waals surface area contributed by atoms with Crippen molar-refractivity contribution in [3.8, 4) is 0 Å². The van der Waals surface area contributed by atoms with E-state index in [0.29, 0.717) is 18.9 Å². The number of aliphatic imine (C=N–C) groups is 1. The van der Waals surface area contributed by atoms with Crippen molar-refractivity contribution in [1.29, 1.82) is 0 Å². The summed E-state index contributed by atoms with van der Waals surface area (Å²) in [7, 11) is -2.95.